The van der Waals surface area contributed by atoms with E-state index in [1.165, 1.54) is 11.1 Å². The Kier molecular flexibility index (Phi) is 3.95. The lowest BCUT2D eigenvalue weighted by atomic mass is 10.0. The lowest BCUT2D eigenvalue weighted by Gasteiger charge is -2.35. The number of rotatable bonds is 1. The molecule has 1 aromatic carbocycles. The zero-order valence-electron chi connectivity index (χ0n) is 12.5. The minimum atomic E-state index is -0.267. The number of likely N-dealkylation sites (tertiary alicyclic amines) is 1. The molecule has 0 aliphatic carbocycles. The van der Waals surface area contributed by atoms with Crippen molar-refractivity contribution >= 4 is 11.8 Å². The second kappa shape index (κ2) is 5.88. The van der Waals surface area contributed by atoms with Gasteiger partial charge in [-0.2, -0.15) is 0 Å². The molecule has 21 heavy (non-hydrogen) atoms. The summed E-state index contributed by atoms with van der Waals surface area (Å²) in [6.45, 7) is 1.46. The van der Waals surface area contributed by atoms with Crippen molar-refractivity contribution in [2.24, 2.45) is 0 Å². The number of amides is 2. The molecule has 1 aromatic rings. The Morgan fingerprint density at radius 3 is 2.71 bits per heavy atom. The van der Waals surface area contributed by atoms with Crippen LogP contribution in [0.5, 0.6) is 0 Å². The van der Waals surface area contributed by atoms with Crippen LogP contribution < -0.4 is 0 Å². The van der Waals surface area contributed by atoms with Gasteiger partial charge >= 0.3 is 0 Å². The first-order valence-corrected chi connectivity index (χ1v) is 7.78. The van der Waals surface area contributed by atoms with Crippen molar-refractivity contribution in [3.63, 3.8) is 0 Å². The molecular weight excluding hydrogens is 264 g/mol. The van der Waals surface area contributed by atoms with Gasteiger partial charge in [0, 0.05) is 26.6 Å². The highest BCUT2D eigenvalue weighted by Gasteiger charge is 2.33. The fourth-order valence-electron chi connectivity index (χ4n) is 3.38. The van der Waals surface area contributed by atoms with Crippen LogP contribution in [-0.4, -0.2) is 41.2 Å². The van der Waals surface area contributed by atoms with Gasteiger partial charge < -0.3 is 9.80 Å². The van der Waals surface area contributed by atoms with E-state index in [0.29, 0.717) is 13.0 Å². The van der Waals surface area contributed by atoms with E-state index in [4.69, 9.17) is 0 Å². The number of hydrogen-bond donors (Lipinski definition) is 0. The quantitative estimate of drug-likeness (QED) is 0.792. The summed E-state index contributed by atoms with van der Waals surface area (Å²) in [7, 11) is 1.76. The summed E-state index contributed by atoms with van der Waals surface area (Å²) in [4.78, 5) is 28.2. The van der Waals surface area contributed by atoms with Crippen molar-refractivity contribution in [2.75, 3.05) is 13.6 Å². The zero-order valence-corrected chi connectivity index (χ0v) is 12.5. The van der Waals surface area contributed by atoms with E-state index in [-0.39, 0.29) is 17.9 Å². The number of aryl methyl sites for hydroxylation is 1. The Hall–Kier alpha value is -1.84. The summed E-state index contributed by atoms with van der Waals surface area (Å²) in [5, 5.41) is 0. The average Bonchev–Trinajstić information content (AvgIpc) is 2.71. The minimum Gasteiger partial charge on any atom is -0.337 e. The molecule has 0 saturated carbocycles. The number of benzene rings is 1. The summed E-state index contributed by atoms with van der Waals surface area (Å²) >= 11 is 0. The maximum atomic E-state index is 12.8. The number of carbonyl (C=O) groups is 2. The molecule has 1 fully saturated rings. The third kappa shape index (κ3) is 2.80. The summed E-state index contributed by atoms with van der Waals surface area (Å²) in [5.41, 5.74) is 2.59. The SMILES string of the molecule is CN1C(=O)CCCC1C(=O)N1CCCc2ccccc2C1. The Balaban J connectivity index is 1.77. The lowest BCUT2D eigenvalue weighted by molar-refractivity contribution is -0.147. The van der Waals surface area contributed by atoms with Crippen LogP contribution in [0.2, 0.25) is 0 Å². The highest BCUT2D eigenvalue weighted by molar-refractivity contribution is 5.88. The van der Waals surface area contributed by atoms with E-state index in [1.807, 2.05) is 11.0 Å². The van der Waals surface area contributed by atoms with Gasteiger partial charge in [-0.1, -0.05) is 24.3 Å². The minimum absolute atomic E-state index is 0.0924. The summed E-state index contributed by atoms with van der Waals surface area (Å²) < 4.78 is 0. The lowest BCUT2D eigenvalue weighted by Crippen LogP contribution is -2.51. The molecule has 0 N–H and O–H groups in total. The molecule has 4 heteroatoms. The fraction of sp³-hybridized carbons (Fsp3) is 0.529. The van der Waals surface area contributed by atoms with Crippen LogP contribution in [0.4, 0.5) is 0 Å². The Labute approximate surface area is 125 Å². The van der Waals surface area contributed by atoms with E-state index in [0.717, 1.165) is 32.2 Å². The van der Waals surface area contributed by atoms with Gasteiger partial charge in [-0.3, -0.25) is 9.59 Å². The van der Waals surface area contributed by atoms with Gasteiger partial charge in [-0.25, -0.2) is 0 Å². The van der Waals surface area contributed by atoms with Gasteiger partial charge in [0.25, 0.3) is 0 Å². The number of likely N-dealkylation sites (N-methyl/N-ethyl adjacent to an activating group) is 1. The molecule has 4 nitrogen and oxygen atoms in total. The number of nitrogens with zero attached hydrogens (tertiary/aromatic N) is 2. The van der Waals surface area contributed by atoms with Crippen LogP contribution in [0.1, 0.15) is 36.8 Å². The fourth-order valence-corrected chi connectivity index (χ4v) is 3.38. The predicted octanol–water partition coefficient (Wildman–Crippen LogP) is 1.97. The van der Waals surface area contributed by atoms with Crippen LogP contribution in [0.15, 0.2) is 24.3 Å². The predicted molar refractivity (Wildman–Crippen MR) is 80.6 cm³/mol. The van der Waals surface area contributed by atoms with Gasteiger partial charge in [0.05, 0.1) is 0 Å². The molecule has 1 unspecified atom stereocenters. The largest absolute Gasteiger partial charge is 0.337 e. The molecule has 2 heterocycles. The van der Waals surface area contributed by atoms with E-state index in [2.05, 4.69) is 18.2 Å². The molecule has 0 bridgehead atoms. The number of fused-ring (bicyclic) bond motifs is 1. The van der Waals surface area contributed by atoms with E-state index in [9.17, 15) is 9.59 Å². The number of piperidine rings is 1. The summed E-state index contributed by atoms with van der Waals surface area (Å²) in [6, 6.07) is 8.08. The standard InChI is InChI=1S/C17H22N2O2/c1-18-15(9-4-10-16(18)20)17(21)19-11-5-8-13-6-2-3-7-14(13)12-19/h2-3,6-7,15H,4-5,8-12H2,1H3. The third-order valence-corrected chi connectivity index (χ3v) is 4.68. The first-order chi connectivity index (χ1) is 10.2. The molecule has 0 aromatic heterocycles. The van der Waals surface area contributed by atoms with E-state index in [1.54, 1.807) is 11.9 Å². The third-order valence-electron chi connectivity index (χ3n) is 4.68. The monoisotopic (exact) mass is 286 g/mol. The van der Waals surface area contributed by atoms with Gasteiger partial charge in [-0.05, 0) is 36.8 Å². The van der Waals surface area contributed by atoms with Crippen LogP contribution in [-0.2, 0) is 22.6 Å². The molecule has 112 valence electrons. The molecular formula is C17H22N2O2. The zero-order chi connectivity index (χ0) is 14.8. The maximum Gasteiger partial charge on any atom is 0.245 e. The second-order valence-electron chi connectivity index (χ2n) is 6.04. The molecule has 2 aliphatic rings. The molecule has 0 radical (unpaired) electrons. The Morgan fingerprint density at radius 1 is 1.14 bits per heavy atom. The van der Waals surface area contributed by atoms with Gasteiger partial charge in [0.15, 0.2) is 0 Å². The summed E-state index contributed by atoms with van der Waals surface area (Å²) in [6.07, 6.45) is 4.21. The maximum absolute atomic E-state index is 12.8. The molecule has 1 atom stereocenters. The Morgan fingerprint density at radius 2 is 1.90 bits per heavy atom. The van der Waals surface area contributed by atoms with Crippen LogP contribution in [0.25, 0.3) is 0 Å². The first-order valence-electron chi connectivity index (χ1n) is 7.78. The molecule has 1 saturated heterocycles. The smallest absolute Gasteiger partial charge is 0.245 e. The highest BCUT2D eigenvalue weighted by Crippen LogP contribution is 2.23. The first kappa shape index (κ1) is 14.1. The molecule has 3 rings (SSSR count). The van der Waals surface area contributed by atoms with Crippen molar-refractivity contribution in [1.82, 2.24) is 9.80 Å². The molecule has 2 amide bonds. The number of carbonyl (C=O) groups excluding carboxylic acids is 2. The van der Waals surface area contributed by atoms with Crippen LogP contribution in [0.3, 0.4) is 0 Å². The summed E-state index contributed by atoms with van der Waals surface area (Å²) in [5.74, 6) is 0.206. The molecule has 2 aliphatic heterocycles. The van der Waals surface area contributed by atoms with Gasteiger partial charge in [0.1, 0.15) is 6.04 Å². The van der Waals surface area contributed by atoms with E-state index < -0.39 is 0 Å². The average molecular weight is 286 g/mol. The van der Waals surface area contributed by atoms with Crippen molar-refractivity contribution < 1.29 is 9.59 Å². The normalized spacial score (nSPS) is 22.7. The second-order valence-corrected chi connectivity index (χ2v) is 6.04. The van der Waals surface area contributed by atoms with Crippen LogP contribution in [0, 0.1) is 0 Å². The topological polar surface area (TPSA) is 40.6 Å². The van der Waals surface area contributed by atoms with Gasteiger partial charge in [-0.15, -0.1) is 0 Å². The molecule has 0 spiro atoms. The number of hydrogen-bond acceptors (Lipinski definition) is 2. The Bertz CT molecular complexity index is 555. The van der Waals surface area contributed by atoms with Crippen molar-refractivity contribution in [3.05, 3.63) is 35.4 Å². The van der Waals surface area contributed by atoms with Gasteiger partial charge in [0.2, 0.25) is 11.8 Å². The van der Waals surface area contributed by atoms with E-state index >= 15 is 0 Å². The highest BCUT2D eigenvalue weighted by atomic mass is 16.2. The van der Waals surface area contributed by atoms with Crippen LogP contribution >= 0.6 is 0 Å². The van der Waals surface area contributed by atoms with Crippen molar-refractivity contribution in [2.45, 2.75) is 44.7 Å². The van der Waals surface area contributed by atoms with Crippen molar-refractivity contribution in [3.8, 4) is 0 Å². The van der Waals surface area contributed by atoms with Crippen molar-refractivity contribution in [1.29, 1.82) is 0 Å².